The summed E-state index contributed by atoms with van der Waals surface area (Å²) in [4.78, 5) is 0.406. The molecule has 1 saturated carbocycles. The number of alkyl halides is 1. The van der Waals surface area contributed by atoms with Crippen LogP contribution in [-0.2, 0) is 20.0 Å². The van der Waals surface area contributed by atoms with E-state index in [1.807, 2.05) is 0 Å². The van der Waals surface area contributed by atoms with E-state index in [-0.39, 0.29) is 29.7 Å². The summed E-state index contributed by atoms with van der Waals surface area (Å²) in [6.45, 7) is 0.214. The van der Waals surface area contributed by atoms with Gasteiger partial charge in [0.1, 0.15) is 16.0 Å². The van der Waals surface area contributed by atoms with Crippen molar-refractivity contribution in [3.63, 3.8) is 0 Å². The summed E-state index contributed by atoms with van der Waals surface area (Å²) in [5.41, 5.74) is 5.84. The Hall–Kier alpha value is -2.20. The van der Waals surface area contributed by atoms with Crippen molar-refractivity contribution in [2.45, 2.75) is 60.2 Å². The molecule has 0 bridgehead atoms. The number of hydrogen-bond donors (Lipinski definition) is 4. The van der Waals surface area contributed by atoms with Gasteiger partial charge >= 0.3 is 0 Å². The third-order valence-corrected chi connectivity index (χ3v) is 8.54. The average Bonchev–Trinajstić information content (AvgIpc) is 3.42. The summed E-state index contributed by atoms with van der Waals surface area (Å²) in [6, 6.07) is 1.63. The molecular formula is C17H25FN8O4S2. The van der Waals surface area contributed by atoms with Gasteiger partial charge in [-0.15, -0.1) is 10.2 Å². The molecule has 1 aromatic carbocycles. The molecule has 0 radical (unpaired) electrons. The molecule has 2 heterocycles. The highest BCUT2D eigenvalue weighted by molar-refractivity contribution is 7.92. The van der Waals surface area contributed by atoms with Crippen LogP contribution in [-0.4, -0.2) is 68.8 Å². The molecule has 2 atom stereocenters. The van der Waals surface area contributed by atoms with Crippen molar-refractivity contribution >= 4 is 25.7 Å². The molecule has 2 aliphatic rings. The van der Waals surface area contributed by atoms with Crippen LogP contribution in [0.1, 0.15) is 32.1 Å². The van der Waals surface area contributed by atoms with Crippen molar-refractivity contribution < 1.29 is 21.2 Å². The van der Waals surface area contributed by atoms with E-state index in [1.54, 1.807) is 4.90 Å². The minimum atomic E-state index is -4.58. The molecule has 32 heavy (non-hydrogen) atoms. The summed E-state index contributed by atoms with van der Waals surface area (Å²) in [6.07, 6.45) is 2.04. The van der Waals surface area contributed by atoms with Gasteiger partial charge in [-0.05, 0) is 36.6 Å². The molecule has 1 aliphatic heterocycles. The first-order valence-electron chi connectivity index (χ1n) is 10.2. The minimum Gasteiger partial charge on any atom is -0.368 e. The van der Waals surface area contributed by atoms with E-state index in [2.05, 4.69) is 25.3 Å². The van der Waals surface area contributed by atoms with Crippen LogP contribution < -0.4 is 20.5 Å². The van der Waals surface area contributed by atoms with Gasteiger partial charge in [0.2, 0.25) is 25.9 Å². The molecule has 6 N–H and O–H groups in total. The molecular weight excluding hydrogens is 463 g/mol. The van der Waals surface area contributed by atoms with Crippen LogP contribution in [0.2, 0.25) is 0 Å². The zero-order chi connectivity index (χ0) is 23.1. The number of aromatic nitrogens is 4. The summed E-state index contributed by atoms with van der Waals surface area (Å²) in [5.74, 6) is -0.174. The molecule has 12 nitrogen and oxygen atoms in total. The van der Waals surface area contributed by atoms with Crippen LogP contribution in [0.4, 0.5) is 10.1 Å². The Kier molecular flexibility index (Phi) is 6.19. The van der Waals surface area contributed by atoms with Gasteiger partial charge in [0.05, 0.1) is 12.1 Å². The Balaban J connectivity index is 1.91. The molecule has 15 heteroatoms. The predicted octanol–water partition coefficient (Wildman–Crippen LogP) is -0.389. The second kappa shape index (κ2) is 8.62. The van der Waals surface area contributed by atoms with Crippen LogP contribution >= 0.6 is 0 Å². The second-order valence-corrected chi connectivity index (χ2v) is 11.3. The molecule has 1 aromatic heterocycles. The van der Waals surface area contributed by atoms with Gasteiger partial charge in [0.15, 0.2) is 0 Å². The van der Waals surface area contributed by atoms with E-state index in [0.29, 0.717) is 25.8 Å². The number of tetrazole rings is 1. The smallest absolute Gasteiger partial charge is 0.242 e. The van der Waals surface area contributed by atoms with Crippen molar-refractivity contribution in [2.24, 2.45) is 10.9 Å². The number of nitrogens with one attached hydrogen (secondary N) is 2. The monoisotopic (exact) mass is 488 g/mol. The Bertz CT molecular complexity index is 1180. The third-order valence-electron chi connectivity index (χ3n) is 5.85. The third kappa shape index (κ3) is 4.47. The maximum atomic E-state index is 14.4. The largest absolute Gasteiger partial charge is 0.368 e. The van der Waals surface area contributed by atoms with Crippen LogP contribution in [0, 0.1) is 0 Å². The number of nitrogens with zero attached hydrogens (tertiary/aromatic N) is 4. The summed E-state index contributed by atoms with van der Waals surface area (Å²) < 4.78 is 68.7. The van der Waals surface area contributed by atoms with Gasteiger partial charge < -0.3 is 10.6 Å². The number of benzene rings is 1. The maximum Gasteiger partial charge on any atom is 0.242 e. The lowest BCUT2D eigenvalue weighted by Gasteiger charge is -2.35. The fraction of sp³-hybridized carbons (Fsp3) is 0.588. The highest BCUT2D eigenvalue weighted by Gasteiger charge is 2.36. The lowest BCUT2D eigenvalue weighted by atomic mass is 10.0. The van der Waals surface area contributed by atoms with E-state index in [1.165, 1.54) is 6.07 Å². The van der Waals surface area contributed by atoms with Gasteiger partial charge in [-0.1, -0.05) is 12.8 Å². The fourth-order valence-electron chi connectivity index (χ4n) is 4.26. The van der Waals surface area contributed by atoms with Crippen LogP contribution in [0.5, 0.6) is 0 Å². The SMILES string of the molecule is NC1CCN(c2ccc(S(=O)(=O)NC3CCCC3)c(S(N)(=O)=O)c2-c2nn[nH]n2)CC1F. The molecule has 0 amide bonds. The van der Waals surface area contributed by atoms with Crippen molar-refractivity contribution in [1.29, 1.82) is 0 Å². The van der Waals surface area contributed by atoms with E-state index in [9.17, 15) is 21.2 Å². The number of piperidine rings is 1. The van der Waals surface area contributed by atoms with Gasteiger partial charge in [0, 0.05) is 24.3 Å². The van der Waals surface area contributed by atoms with Gasteiger partial charge in [-0.3, -0.25) is 0 Å². The van der Waals surface area contributed by atoms with E-state index in [4.69, 9.17) is 10.9 Å². The molecule has 1 aliphatic carbocycles. The molecule has 4 rings (SSSR count). The normalized spacial score (nSPS) is 23.0. The zero-order valence-corrected chi connectivity index (χ0v) is 18.7. The van der Waals surface area contributed by atoms with E-state index >= 15 is 0 Å². The van der Waals surface area contributed by atoms with Crippen molar-refractivity contribution in [3.05, 3.63) is 12.1 Å². The fourth-order valence-corrected chi connectivity index (χ4v) is 7.16. The topological polar surface area (TPSA) is 190 Å². The number of hydrogen-bond acceptors (Lipinski definition) is 9. The molecule has 1 saturated heterocycles. The van der Waals surface area contributed by atoms with Crippen molar-refractivity contribution in [1.82, 2.24) is 25.3 Å². The number of sulfonamides is 2. The van der Waals surface area contributed by atoms with E-state index < -0.39 is 42.1 Å². The second-order valence-electron chi connectivity index (χ2n) is 8.08. The maximum absolute atomic E-state index is 14.4. The molecule has 0 spiro atoms. The van der Waals surface area contributed by atoms with Crippen LogP contribution in [0.25, 0.3) is 11.4 Å². The molecule has 2 aromatic rings. The molecule has 176 valence electrons. The first kappa shape index (κ1) is 23.0. The highest BCUT2D eigenvalue weighted by Crippen LogP contribution is 2.39. The number of anilines is 1. The summed E-state index contributed by atoms with van der Waals surface area (Å²) >= 11 is 0. The number of halogens is 1. The summed E-state index contributed by atoms with van der Waals surface area (Å²) in [7, 11) is -8.82. The van der Waals surface area contributed by atoms with Crippen molar-refractivity contribution in [2.75, 3.05) is 18.0 Å². The van der Waals surface area contributed by atoms with Crippen LogP contribution in [0.3, 0.4) is 0 Å². The zero-order valence-electron chi connectivity index (χ0n) is 17.1. The number of primary sulfonamides is 1. The van der Waals surface area contributed by atoms with E-state index in [0.717, 1.165) is 18.9 Å². The van der Waals surface area contributed by atoms with Gasteiger partial charge in [0.25, 0.3) is 0 Å². The lowest BCUT2D eigenvalue weighted by molar-refractivity contribution is 0.251. The minimum absolute atomic E-state index is 0.109. The standard InChI is InChI=1S/C17H25FN8O4S2/c18-11-9-26(8-7-12(11)19)13-5-6-14(32(29,30)23-10-3-1-2-4-10)16(31(20,27)28)15(13)17-21-24-25-22-17/h5-6,10-12,23H,1-4,7-9,19H2,(H2,20,27,28)(H,21,22,24,25). The first-order chi connectivity index (χ1) is 15.1. The number of rotatable bonds is 6. The Morgan fingerprint density at radius 3 is 2.47 bits per heavy atom. The quantitative estimate of drug-likeness (QED) is 0.419. The number of H-pyrrole nitrogens is 1. The van der Waals surface area contributed by atoms with Crippen LogP contribution in [0.15, 0.2) is 21.9 Å². The summed E-state index contributed by atoms with van der Waals surface area (Å²) in [5, 5.41) is 18.9. The highest BCUT2D eigenvalue weighted by atomic mass is 32.2. The Labute approximate surface area is 185 Å². The van der Waals surface area contributed by atoms with Gasteiger partial charge in [-0.2, -0.15) is 5.21 Å². The Morgan fingerprint density at radius 2 is 1.88 bits per heavy atom. The number of nitrogens with two attached hydrogens (primary N) is 2. The molecule has 2 unspecified atom stereocenters. The molecule has 2 fully saturated rings. The predicted molar refractivity (Wildman–Crippen MR) is 113 cm³/mol. The Morgan fingerprint density at radius 1 is 1.16 bits per heavy atom. The lowest BCUT2D eigenvalue weighted by Crippen LogP contribution is -2.48. The van der Waals surface area contributed by atoms with Crippen molar-refractivity contribution in [3.8, 4) is 11.4 Å². The average molecular weight is 489 g/mol. The van der Waals surface area contributed by atoms with Gasteiger partial charge in [-0.25, -0.2) is 31.1 Å². The first-order valence-corrected chi connectivity index (χ1v) is 13.2. The number of aromatic amines is 1.